The van der Waals surface area contributed by atoms with Gasteiger partial charge in [-0.2, -0.15) is 0 Å². The van der Waals surface area contributed by atoms with Gasteiger partial charge in [0.15, 0.2) is 0 Å². The van der Waals surface area contributed by atoms with Crippen molar-refractivity contribution in [2.24, 2.45) is 5.92 Å². The number of rotatable bonds is 1. The first-order valence-electron chi connectivity index (χ1n) is 5.78. The van der Waals surface area contributed by atoms with Gasteiger partial charge >= 0.3 is 0 Å². The fraction of sp³-hybridized carbons (Fsp3) is 0.538. The lowest BCUT2D eigenvalue weighted by molar-refractivity contribution is 0.252. The zero-order valence-electron chi connectivity index (χ0n) is 8.50. The van der Waals surface area contributed by atoms with Crippen LogP contribution >= 0.6 is 0 Å². The summed E-state index contributed by atoms with van der Waals surface area (Å²) in [6.45, 7) is 1.16. The predicted octanol–water partition coefficient (Wildman–Crippen LogP) is 3.39. The summed E-state index contributed by atoms with van der Waals surface area (Å²) >= 11 is 0. The van der Waals surface area contributed by atoms with Crippen molar-refractivity contribution in [2.75, 3.05) is 11.9 Å². The average Bonchev–Trinajstić information content (AvgIpc) is 2.16. The third kappa shape index (κ3) is 1.23. The molecule has 0 amide bonds. The molecule has 1 nitrogen and oxygen atoms in total. The van der Waals surface area contributed by atoms with Crippen molar-refractivity contribution in [3.05, 3.63) is 29.8 Å². The van der Waals surface area contributed by atoms with Gasteiger partial charge in [-0.3, -0.25) is 0 Å². The van der Waals surface area contributed by atoms with E-state index in [0.717, 1.165) is 18.4 Å². The van der Waals surface area contributed by atoms with E-state index in [9.17, 15) is 0 Å². The molecule has 0 unspecified atom stereocenters. The number of fused-ring (bicyclic) bond motifs is 1. The summed E-state index contributed by atoms with van der Waals surface area (Å²) in [5.41, 5.74) is 2.96. The molecule has 0 spiro atoms. The molecule has 74 valence electrons. The highest BCUT2D eigenvalue weighted by molar-refractivity contribution is 5.54. The number of benzene rings is 1. The standard InChI is InChI=1S/C13H17N/c1-2-7-13-12(6-1)11(8-9-14-13)10-4-3-5-10/h1-2,6-7,10-11,14H,3-5,8-9H2/t11-/m0/s1. The van der Waals surface area contributed by atoms with Crippen molar-refractivity contribution in [2.45, 2.75) is 31.6 Å². The quantitative estimate of drug-likeness (QED) is 0.710. The summed E-state index contributed by atoms with van der Waals surface area (Å²) < 4.78 is 0. The van der Waals surface area contributed by atoms with Crippen LogP contribution in [0.4, 0.5) is 5.69 Å². The van der Waals surface area contributed by atoms with Crippen LogP contribution in [0.3, 0.4) is 0 Å². The highest BCUT2D eigenvalue weighted by atomic mass is 14.9. The minimum atomic E-state index is 0.848. The first-order valence-corrected chi connectivity index (χ1v) is 5.78. The van der Waals surface area contributed by atoms with Gasteiger partial charge in [0.1, 0.15) is 0 Å². The normalized spacial score (nSPS) is 26.1. The number of anilines is 1. The second-order valence-corrected chi connectivity index (χ2v) is 4.60. The Bertz CT molecular complexity index is 328. The minimum Gasteiger partial charge on any atom is -0.385 e. The number of para-hydroxylation sites is 1. The van der Waals surface area contributed by atoms with E-state index in [2.05, 4.69) is 29.6 Å². The second-order valence-electron chi connectivity index (χ2n) is 4.60. The summed E-state index contributed by atoms with van der Waals surface area (Å²) in [5.74, 6) is 1.83. The molecule has 0 radical (unpaired) electrons. The fourth-order valence-corrected chi connectivity index (χ4v) is 2.83. The van der Waals surface area contributed by atoms with Gasteiger partial charge in [-0.05, 0) is 42.7 Å². The van der Waals surface area contributed by atoms with Crippen LogP contribution in [0.25, 0.3) is 0 Å². The Morgan fingerprint density at radius 2 is 1.93 bits per heavy atom. The van der Waals surface area contributed by atoms with E-state index in [1.54, 1.807) is 5.56 Å². The van der Waals surface area contributed by atoms with Gasteiger partial charge in [-0.25, -0.2) is 0 Å². The topological polar surface area (TPSA) is 12.0 Å². The Labute approximate surface area is 85.5 Å². The maximum Gasteiger partial charge on any atom is 0.0375 e. The highest BCUT2D eigenvalue weighted by Gasteiger charge is 2.31. The van der Waals surface area contributed by atoms with Crippen molar-refractivity contribution < 1.29 is 0 Å². The van der Waals surface area contributed by atoms with Crippen molar-refractivity contribution >= 4 is 5.69 Å². The Balaban J connectivity index is 1.93. The van der Waals surface area contributed by atoms with Crippen LogP contribution in [0.15, 0.2) is 24.3 Å². The third-order valence-electron chi connectivity index (χ3n) is 3.85. The SMILES string of the molecule is c1ccc2c(c1)NCC[C@H]2C1CCC1. The summed E-state index contributed by atoms with van der Waals surface area (Å²) in [6, 6.07) is 8.84. The third-order valence-corrected chi connectivity index (χ3v) is 3.85. The lowest BCUT2D eigenvalue weighted by atomic mass is 9.70. The van der Waals surface area contributed by atoms with Crippen LogP contribution in [0, 0.1) is 5.92 Å². The Hall–Kier alpha value is -0.980. The number of hydrogen-bond donors (Lipinski definition) is 1. The van der Waals surface area contributed by atoms with E-state index >= 15 is 0 Å². The van der Waals surface area contributed by atoms with Crippen LogP contribution in [0.2, 0.25) is 0 Å². The summed E-state index contributed by atoms with van der Waals surface area (Å²) in [6.07, 6.45) is 5.70. The molecule has 0 bridgehead atoms. The fourth-order valence-electron chi connectivity index (χ4n) is 2.83. The molecule has 1 saturated carbocycles. The summed E-state index contributed by atoms with van der Waals surface area (Å²) in [7, 11) is 0. The van der Waals surface area contributed by atoms with Gasteiger partial charge in [0, 0.05) is 12.2 Å². The molecule has 2 aliphatic rings. The highest BCUT2D eigenvalue weighted by Crippen LogP contribution is 2.44. The molecule has 0 aromatic heterocycles. The first-order chi connectivity index (χ1) is 6.95. The minimum absolute atomic E-state index is 0.848. The van der Waals surface area contributed by atoms with Crippen molar-refractivity contribution in [3.63, 3.8) is 0 Å². The van der Waals surface area contributed by atoms with Crippen LogP contribution in [-0.2, 0) is 0 Å². The van der Waals surface area contributed by atoms with Crippen LogP contribution in [0.1, 0.15) is 37.2 Å². The molecule has 14 heavy (non-hydrogen) atoms. The van der Waals surface area contributed by atoms with Gasteiger partial charge < -0.3 is 5.32 Å². The largest absolute Gasteiger partial charge is 0.385 e. The molecule has 3 rings (SSSR count). The van der Waals surface area contributed by atoms with Gasteiger partial charge in [0.25, 0.3) is 0 Å². The summed E-state index contributed by atoms with van der Waals surface area (Å²) in [5, 5.41) is 3.50. The van der Waals surface area contributed by atoms with Crippen molar-refractivity contribution in [3.8, 4) is 0 Å². The Kier molecular flexibility index (Phi) is 1.97. The average molecular weight is 187 g/mol. The number of nitrogens with one attached hydrogen (secondary N) is 1. The molecule has 1 aliphatic heterocycles. The summed E-state index contributed by atoms with van der Waals surface area (Å²) in [4.78, 5) is 0. The molecule has 1 N–H and O–H groups in total. The van der Waals surface area contributed by atoms with E-state index in [-0.39, 0.29) is 0 Å². The van der Waals surface area contributed by atoms with Crippen LogP contribution < -0.4 is 5.32 Å². The van der Waals surface area contributed by atoms with Gasteiger partial charge in [0.2, 0.25) is 0 Å². The van der Waals surface area contributed by atoms with Gasteiger partial charge in [0.05, 0.1) is 0 Å². The molecular weight excluding hydrogens is 170 g/mol. The monoisotopic (exact) mass is 187 g/mol. The molecule has 1 heterocycles. The Morgan fingerprint density at radius 1 is 1.07 bits per heavy atom. The van der Waals surface area contributed by atoms with E-state index in [1.165, 1.54) is 31.4 Å². The van der Waals surface area contributed by atoms with Crippen LogP contribution in [0.5, 0.6) is 0 Å². The van der Waals surface area contributed by atoms with E-state index in [1.807, 2.05) is 0 Å². The van der Waals surface area contributed by atoms with Crippen molar-refractivity contribution in [1.82, 2.24) is 0 Å². The van der Waals surface area contributed by atoms with Gasteiger partial charge in [-0.15, -0.1) is 0 Å². The van der Waals surface area contributed by atoms with Crippen LogP contribution in [-0.4, -0.2) is 6.54 Å². The maximum atomic E-state index is 3.50. The Morgan fingerprint density at radius 3 is 2.71 bits per heavy atom. The lowest BCUT2D eigenvalue weighted by Crippen LogP contribution is -2.26. The molecule has 1 aliphatic carbocycles. The zero-order valence-corrected chi connectivity index (χ0v) is 8.50. The molecule has 0 saturated heterocycles. The molecule has 1 fully saturated rings. The van der Waals surface area contributed by atoms with Gasteiger partial charge in [-0.1, -0.05) is 24.6 Å². The predicted molar refractivity (Wildman–Crippen MR) is 59.6 cm³/mol. The lowest BCUT2D eigenvalue weighted by Gasteiger charge is -2.37. The second kappa shape index (κ2) is 3.30. The van der Waals surface area contributed by atoms with E-state index < -0.39 is 0 Å². The molecule has 1 aromatic rings. The molecule has 1 aromatic carbocycles. The first kappa shape index (κ1) is 8.34. The molecule has 1 heteroatoms. The van der Waals surface area contributed by atoms with Crippen molar-refractivity contribution in [1.29, 1.82) is 0 Å². The molecular formula is C13H17N. The van der Waals surface area contributed by atoms with E-state index in [4.69, 9.17) is 0 Å². The maximum absolute atomic E-state index is 3.50. The zero-order chi connectivity index (χ0) is 9.38. The van der Waals surface area contributed by atoms with E-state index in [0.29, 0.717) is 0 Å². The smallest absolute Gasteiger partial charge is 0.0375 e. The molecule has 1 atom stereocenters. The number of hydrogen-bond acceptors (Lipinski definition) is 1.